The number of para-hydroxylation sites is 2. The smallest absolute Gasteiger partial charge is 0.237 e. The number of aromatic nitrogens is 4. The van der Waals surface area contributed by atoms with Crippen LogP contribution in [0, 0.1) is 0 Å². The van der Waals surface area contributed by atoms with Gasteiger partial charge in [-0.2, -0.15) is 4.98 Å². The Labute approximate surface area is 425 Å². The largest absolute Gasteiger partial charge is 0.294 e. The molecule has 0 unspecified atom stereocenters. The van der Waals surface area contributed by atoms with E-state index in [9.17, 15) is 0 Å². The molecule has 0 bridgehead atoms. The Kier molecular flexibility index (Phi) is 8.71. The fourth-order valence-corrected chi connectivity index (χ4v) is 12.3. The Morgan fingerprint density at radius 3 is 0.959 bits per heavy atom. The molecule has 13 aromatic carbocycles. The molecular weight excluding hydrogens is 897 g/mol. The van der Waals surface area contributed by atoms with Crippen molar-refractivity contribution in [2.24, 2.45) is 0 Å². The number of hydrogen-bond acceptors (Lipinski definition) is 2. The summed E-state index contributed by atoms with van der Waals surface area (Å²) in [6.45, 7) is 0. The van der Waals surface area contributed by atoms with Crippen molar-refractivity contribution >= 4 is 108 Å². The van der Waals surface area contributed by atoms with Crippen molar-refractivity contribution in [3.63, 3.8) is 0 Å². The van der Waals surface area contributed by atoms with Crippen molar-refractivity contribution in [1.29, 1.82) is 0 Å². The predicted octanol–water partition coefficient (Wildman–Crippen LogP) is 18.6. The molecule has 16 rings (SSSR count). The van der Waals surface area contributed by atoms with Gasteiger partial charge in [0, 0.05) is 33.2 Å². The number of benzene rings is 13. The molecule has 0 aliphatic rings. The Bertz CT molecular complexity index is 4720. The zero-order chi connectivity index (χ0) is 48.4. The second kappa shape index (κ2) is 15.8. The first kappa shape index (κ1) is 40.8. The summed E-state index contributed by atoms with van der Waals surface area (Å²) in [5.41, 5.74) is 10.6. The summed E-state index contributed by atoms with van der Waals surface area (Å²) in [5.74, 6) is 1.39. The SMILES string of the molecule is c1ccc(-c2cc(-c3ccccc3)cc(-c3cc(-n4c5ccccc5c5ccccc54)nc(-n4c5cc6c7ccccc7c7ccccc7c6cc5c5cc6c7ccccc7c7ccccc7c6cc54)n3)c2)cc1. The van der Waals surface area contributed by atoms with Crippen LogP contribution in [0.3, 0.4) is 0 Å². The fraction of sp³-hybridized carbons (Fsp3) is 0. The minimum atomic E-state index is 0.597. The molecule has 3 aromatic heterocycles. The van der Waals surface area contributed by atoms with E-state index in [1.54, 1.807) is 0 Å². The summed E-state index contributed by atoms with van der Waals surface area (Å²) in [6.07, 6.45) is 0. The summed E-state index contributed by atoms with van der Waals surface area (Å²) in [5, 5.41) is 19.4. The van der Waals surface area contributed by atoms with Crippen molar-refractivity contribution in [1.82, 2.24) is 19.1 Å². The fourth-order valence-electron chi connectivity index (χ4n) is 12.3. The van der Waals surface area contributed by atoms with Gasteiger partial charge in [0.2, 0.25) is 5.95 Å². The molecule has 0 radical (unpaired) electrons. The summed E-state index contributed by atoms with van der Waals surface area (Å²) in [7, 11) is 0. The Morgan fingerprint density at radius 2 is 0.541 bits per heavy atom. The zero-order valence-electron chi connectivity index (χ0n) is 40.0. The van der Waals surface area contributed by atoms with Gasteiger partial charge in [-0.1, -0.05) is 194 Å². The van der Waals surface area contributed by atoms with E-state index in [0.29, 0.717) is 5.95 Å². The van der Waals surface area contributed by atoms with Crippen LogP contribution in [0.5, 0.6) is 0 Å². The third-order valence-electron chi connectivity index (χ3n) is 15.6. The van der Waals surface area contributed by atoms with Crippen LogP contribution in [-0.4, -0.2) is 19.1 Å². The maximum atomic E-state index is 5.81. The van der Waals surface area contributed by atoms with Gasteiger partial charge in [0.05, 0.1) is 27.8 Å². The molecule has 16 aromatic rings. The highest BCUT2D eigenvalue weighted by molar-refractivity contribution is 6.32. The second-order valence-electron chi connectivity index (χ2n) is 19.7. The minimum Gasteiger partial charge on any atom is -0.294 e. The molecule has 0 aliphatic carbocycles. The van der Waals surface area contributed by atoms with Crippen LogP contribution < -0.4 is 0 Å². The van der Waals surface area contributed by atoms with E-state index in [-0.39, 0.29) is 0 Å². The maximum Gasteiger partial charge on any atom is 0.237 e. The lowest BCUT2D eigenvalue weighted by molar-refractivity contribution is 0.953. The van der Waals surface area contributed by atoms with E-state index in [2.05, 4.69) is 264 Å². The average molecular weight is 939 g/mol. The van der Waals surface area contributed by atoms with Crippen LogP contribution in [0.2, 0.25) is 0 Å². The van der Waals surface area contributed by atoms with Crippen molar-refractivity contribution < 1.29 is 0 Å². The summed E-state index contributed by atoms with van der Waals surface area (Å²) in [6, 6.07) is 93.0. The molecule has 0 spiro atoms. The van der Waals surface area contributed by atoms with E-state index in [1.165, 1.54) is 75.4 Å². The van der Waals surface area contributed by atoms with Crippen molar-refractivity contribution in [2.75, 3.05) is 0 Å². The van der Waals surface area contributed by atoms with Crippen LogP contribution >= 0.6 is 0 Å². The van der Waals surface area contributed by atoms with Gasteiger partial charge in [-0.3, -0.25) is 9.13 Å². The number of hydrogen-bond donors (Lipinski definition) is 0. The maximum absolute atomic E-state index is 5.81. The van der Waals surface area contributed by atoms with Crippen molar-refractivity contribution in [3.05, 3.63) is 255 Å². The van der Waals surface area contributed by atoms with Crippen molar-refractivity contribution in [2.45, 2.75) is 0 Å². The first-order valence-corrected chi connectivity index (χ1v) is 25.4. The van der Waals surface area contributed by atoms with Gasteiger partial charge >= 0.3 is 0 Å². The number of fused-ring (bicyclic) bond motifs is 18. The highest BCUT2D eigenvalue weighted by Gasteiger charge is 2.23. The van der Waals surface area contributed by atoms with Crippen LogP contribution in [-0.2, 0) is 0 Å². The van der Waals surface area contributed by atoms with Crippen LogP contribution in [0.1, 0.15) is 0 Å². The van der Waals surface area contributed by atoms with E-state index in [0.717, 1.165) is 72.2 Å². The standard InChI is InChI=1S/C70H42N4/c1-3-19-43(20-4-1)45-35-46(44-21-5-2-6-22-44)37-47(36-45)64-42-69(73-65-33-17-15-31-56(65)57-32-16-18-34-66(57)73)72-70(71-64)74-67-40-60-54-29-13-9-25-50(54)48-23-7-11-27-52(48)58(60)38-62(67)63-39-59-53-28-12-8-24-49(53)51-26-10-14-30-55(51)61(59)41-68(63)74/h1-42H. The van der Waals surface area contributed by atoms with Gasteiger partial charge in [0.15, 0.2) is 0 Å². The zero-order valence-corrected chi connectivity index (χ0v) is 40.0. The van der Waals surface area contributed by atoms with Crippen LogP contribution in [0.25, 0.3) is 154 Å². The lowest BCUT2D eigenvalue weighted by Gasteiger charge is -2.16. The average Bonchev–Trinajstić information content (AvgIpc) is 3.99. The van der Waals surface area contributed by atoms with E-state index < -0.39 is 0 Å². The molecule has 4 nitrogen and oxygen atoms in total. The number of nitrogens with zero attached hydrogens (tertiary/aromatic N) is 4. The van der Waals surface area contributed by atoms with Crippen molar-refractivity contribution in [3.8, 4) is 45.3 Å². The highest BCUT2D eigenvalue weighted by Crippen LogP contribution is 2.45. The summed E-state index contributed by atoms with van der Waals surface area (Å²) < 4.78 is 4.69. The molecule has 74 heavy (non-hydrogen) atoms. The van der Waals surface area contributed by atoms with Gasteiger partial charge in [-0.25, -0.2) is 4.98 Å². The second-order valence-corrected chi connectivity index (χ2v) is 19.7. The molecule has 0 N–H and O–H groups in total. The lowest BCUT2D eigenvalue weighted by Crippen LogP contribution is -2.07. The molecule has 4 heteroatoms. The topological polar surface area (TPSA) is 35.6 Å². The van der Waals surface area contributed by atoms with Gasteiger partial charge < -0.3 is 0 Å². The Hall–Kier alpha value is -9.90. The molecule has 0 aliphatic heterocycles. The predicted molar refractivity (Wildman–Crippen MR) is 312 cm³/mol. The summed E-state index contributed by atoms with van der Waals surface area (Å²) >= 11 is 0. The summed E-state index contributed by atoms with van der Waals surface area (Å²) in [4.78, 5) is 11.6. The monoisotopic (exact) mass is 938 g/mol. The Morgan fingerprint density at radius 1 is 0.203 bits per heavy atom. The molecule has 0 saturated carbocycles. The first-order chi connectivity index (χ1) is 36.7. The van der Waals surface area contributed by atoms with Gasteiger partial charge in [0.25, 0.3) is 0 Å². The molecule has 0 atom stereocenters. The van der Waals surface area contributed by atoms with E-state index in [1.807, 2.05) is 0 Å². The Balaban J connectivity index is 1.09. The normalized spacial score (nSPS) is 12.1. The van der Waals surface area contributed by atoms with Crippen LogP contribution in [0.15, 0.2) is 255 Å². The lowest BCUT2D eigenvalue weighted by atomic mass is 9.92. The third-order valence-corrected chi connectivity index (χ3v) is 15.6. The first-order valence-electron chi connectivity index (χ1n) is 25.4. The van der Waals surface area contributed by atoms with Crippen LogP contribution in [0.4, 0.5) is 0 Å². The third kappa shape index (κ3) is 6.03. The molecular formula is C70H42N4. The highest BCUT2D eigenvalue weighted by atomic mass is 15.2. The molecule has 3 heterocycles. The number of rotatable bonds is 5. The molecule has 342 valence electrons. The molecule has 0 amide bonds. The van der Waals surface area contributed by atoms with E-state index in [4.69, 9.17) is 9.97 Å². The van der Waals surface area contributed by atoms with Gasteiger partial charge in [-0.15, -0.1) is 0 Å². The quantitative estimate of drug-likeness (QED) is 0.161. The van der Waals surface area contributed by atoms with Gasteiger partial charge in [0.1, 0.15) is 5.82 Å². The molecule has 0 saturated heterocycles. The van der Waals surface area contributed by atoms with E-state index >= 15 is 0 Å². The molecule has 0 fully saturated rings. The minimum absolute atomic E-state index is 0.597. The van der Waals surface area contributed by atoms with Gasteiger partial charge in [-0.05, 0) is 141 Å².